The van der Waals surface area contributed by atoms with E-state index in [1.54, 1.807) is 60.7 Å². The fourth-order valence-corrected chi connectivity index (χ4v) is 7.84. The van der Waals surface area contributed by atoms with E-state index < -0.39 is 74.2 Å². The molecule has 20 nitrogen and oxygen atoms in total. The molecule has 0 unspecified atom stereocenters. The van der Waals surface area contributed by atoms with E-state index in [4.69, 9.17) is 0 Å². The first kappa shape index (κ1) is 44.9. The minimum atomic E-state index is -4.86. The van der Waals surface area contributed by atoms with Gasteiger partial charge in [-0.15, -0.1) is 5.11 Å². The van der Waals surface area contributed by atoms with Crippen LogP contribution in [0.15, 0.2) is 152 Å². The van der Waals surface area contributed by atoms with Crippen molar-refractivity contribution in [2.45, 2.75) is 9.79 Å². The maximum Gasteiger partial charge on any atom is 3.00 e. The molecule has 63 heavy (non-hydrogen) atoms. The average Bonchev–Trinajstić information content (AvgIpc) is 3.22. The molecule has 0 spiro atoms. The Balaban J connectivity index is 0.000000206. The minimum absolute atomic E-state index is 0. The first-order valence-corrected chi connectivity index (χ1v) is 20.2. The second-order valence-corrected chi connectivity index (χ2v) is 15.8. The minimum Gasteiger partial charge on any atom is -0.871 e. The van der Waals surface area contributed by atoms with Crippen LogP contribution in [0, 0.1) is 20.2 Å². The van der Waals surface area contributed by atoms with Crippen LogP contribution in [0.4, 0.5) is 34.1 Å². The Morgan fingerprint density at radius 3 is 1.25 bits per heavy atom. The Bertz CT molecular complexity index is 3270. The van der Waals surface area contributed by atoms with Gasteiger partial charge in [0, 0.05) is 62.6 Å². The standard InChI is InChI=1S/2C20H13N3O7S.Cr/c2*24-16-8-5-11-3-1-2-4-13(11)19(16)21-22-20-14-7-6-12(23(26)27)9-15(14)18(10-17(20)25)31(28,29)30;/h2*1-10,24-25H,(H,28,29,30);/q;;+3/p-3. The summed E-state index contributed by atoms with van der Waals surface area (Å²) in [6.07, 6.45) is 0. The molecule has 8 aromatic carbocycles. The van der Waals surface area contributed by atoms with Gasteiger partial charge in [0.25, 0.3) is 31.6 Å². The second-order valence-electron chi connectivity index (χ2n) is 13.1. The number of non-ortho nitro benzene ring substituents is 2. The third kappa shape index (κ3) is 9.04. The number of aromatic hydroxyl groups is 1. The number of fused-ring (bicyclic) bond motifs is 4. The van der Waals surface area contributed by atoms with Crippen LogP contribution in [0.5, 0.6) is 23.0 Å². The van der Waals surface area contributed by atoms with Gasteiger partial charge in [-0.2, -0.15) is 32.2 Å². The molecule has 0 aromatic heterocycles. The van der Waals surface area contributed by atoms with Gasteiger partial charge >= 0.3 is 17.4 Å². The number of nitro benzene ring substituents is 2. The number of phenols is 1. The second kappa shape index (κ2) is 17.4. The largest absolute Gasteiger partial charge is 3.00 e. The number of rotatable bonds is 8. The van der Waals surface area contributed by atoms with Gasteiger partial charge in [0.1, 0.15) is 21.2 Å². The van der Waals surface area contributed by atoms with E-state index in [-0.39, 0.29) is 61.7 Å². The van der Waals surface area contributed by atoms with Crippen LogP contribution in [0.3, 0.4) is 0 Å². The molecular formula is C40H23CrN6O14S2. The Morgan fingerprint density at radius 1 is 0.444 bits per heavy atom. The SMILES string of the molecule is O=[N+]([O-])c1ccc2c(N=Nc3c([O-])ccc4ccccc34)c(O)cc(S(=O)(=O)O)c2c1.O=[N+]([O-])c1ccc2c(N=Nc3c([O-])ccc4ccccc34)c([O-])cc(S(=O)(=O)O)c2c1.[Cr+3]. The summed E-state index contributed by atoms with van der Waals surface area (Å²) >= 11 is 0. The predicted molar refractivity (Wildman–Crippen MR) is 217 cm³/mol. The maximum atomic E-state index is 12.5. The summed E-state index contributed by atoms with van der Waals surface area (Å²) in [7, 11) is -9.68. The summed E-state index contributed by atoms with van der Waals surface area (Å²) < 4.78 is 65.9. The molecule has 0 saturated heterocycles. The van der Waals surface area contributed by atoms with Crippen molar-refractivity contribution < 1.29 is 73.6 Å². The van der Waals surface area contributed by atoms with Crippen molar-refractivity contribution in [3.8, 4) is 23.0 Å². The van der Waals surface area contributed by atoms with E-state index in [0.717, 1.165) is 47.2 Å². The average molecular weight is 928 g/mol. The van der Waals surface area contributed by atoms with Crippen molar-refractivity contribution in [2.75, 3.05) is 0 Å². The molecule has 0 heterocycles. The monoisotopic (exact) mass is 927 g/mol. The van der Waals surface area contributed by atoms with E-state index in [1.165, 1.54) is 18.2 Å². The molecule has 0 aliphatic carbocycles. The van der Waals surface area contributed by atoms with Gasteiger partial charge in [-0.3, -0.25) is 29.3 Å². The van der Waals surface area contributed by atoms with Gasteiger partial charge in [-0.1, -0.05) is 90.0 Å². The van der Waals surface area contributed by atoms with Gasteiger partial charge in [-0.05, 0) is 29.0 Å². The molecule has 315 valence electrons. The predicted octanol–water partition coefficient (Wildman–Crippen LogP) is 8.05. The van der Waals surface area contributed by atoms with Crippen molar-refractivity contribution in [1.29, 1.82) is 0 Å². The van der Waals surface area contributed by atoms with E-state index >= 15 is 0 Å². The molecule has 3 N–H and O–H groups in total. The molecule has 23 heteroatoms. The number of phenolic OH excluding ortho intramolecular Hbond substituents is 1. The van der Waals surface area contributed by atoms with Crippen LogP contribution in [0.2, 0.25) is 0 Å². The fraction of sp³-hybridized carbons (Fsp3) is 0. The van der Waals surface area contributed by atoms with Crippen LogP contribution in [0.1, 0.15) is 0 Å². The van der Waals surface area contributed by atoms with Crippen LogP contribution in [0.25, 0.3) is 43.1 Å². The first-order chi connectivity index (χ1) is 29.3. The maximum absolute atomic E-state index is 12.5. The molecule has 0 bridgehead atoms. The van der Waals surface area contributed by atoms with E-state index in [9.17, 15) is 66.6 Å². The Labute approximate surface area is 364 Å². The molecule has 0 saturated carbocycles. The zero-order chi connectivity index (χ0) is 44.7. The number of nitro groups is 2. The van der Waals surface area contributed by atoms with Gasteiger partial charge in [-0.25, -0.2) is 0 Å². The van der Waals surface area contributed by atoms with Gasteiger partial charge in [0.05, 0.1) is 26.9 Å². The number of azo groups is 2. The van der Waals surface area contributed by atoms with E-state index in [2.05, 4.69) is 20.5 Å². The topological polar surface area (TPSA) is 334 Å². The summed E-state index contributed by atoms with van der Waals surface area (Å²) in [5.74, 6) is -2.41. The van der Waals surface area contributed by atoms with Crippen molar-refractivity contribution in [2.24, 2.45) is 20.5 Å². The molecule has 0 aliphatic rings. The molecule has 1 radical (unpaired) electrons. The van der Waals surface area contributed by atoms with Gasteiger partial charge < -0.3 is 20.4 Å². The molecular weight excluding hydrogens is 905 g/mol. The molecule has 8 rings (SSSR count). The number of nitrogens with zero attached hydrogens (tertiary/aromatic N) is 6. The summed E-state index contributed by atoms with van der Waals surface area (Å²) in [6, 6.07) is 27.4. The number of hydrogen-bond donors (Lipinski definition) is 3. The van der Waals surface area contributed by atoms with E-state index in [1.807, 2.05) is 0 Å². The van der Waals surface area contributed by atoms with E-state index in [0.29, 0.717) is 16.8 Å². The van der Waals surface area contributed by atoms with Gasteiger partial charge in [0.15, 0.2) is 0 Å². The molecule has 0 atom stereocenters. The van der Waals surface area contributed by atoms with Crippen molar-refractivity contribution >= 4 is 97.5 Å². The Morgan fingerprint density at radius 2 is 0.825 bits per heavy atom. The zero-order valence-electron chi connectivity index (χ0n) is 31.3. The fourth-order valence-electron chi connectivity index (χ4n) is 6.43. The normalized spacial score (nSPS) is 11.8. The van der Waals surface area contributed by atoms with Crippen LogP contribution in [-0.4, -0.2) is 40.9 Å². The van der Waals surface area contributed by atoms with Crippen LogP contribution in [-0.2, 0) is 37.6 Å². The third-order valence-corrected chi connectivity index (χ3v) is 11.0. The van der Waals surface area contributed by atoms with Crippen molar-refractivity contribution in [1.82, 2.24) is 0 Å². The Hall–Kier alpha value is -7.65. The quantitative estimate of drug-likeness (QED) is 0.0562. The molecule has 0 aliphatic heterocycles. The summed E-state index contributed by atoms with van der Waals surface area (Å²) in [4.78, 5) is 19.2. The molecule has 8 aromatic rings. The number of hydrogen-bond acceptors (Lipinski definition) is 16. The van der Waals surface area contributed by atoms with Crippen molar-refractivity contribution in [3.63, 3.8) is 0 Å². The first-order valence-electron chi connectivity index (χ1n) is 17.4. The Kier molecular flexibility index (Phi) is 12.4. The smallest absolute Gasteiger partial charge is 0.871 e. The summed E-state index contributed by atoms with van der Waals surface area (Å²) in [5, 5.41) is 87.3. The van der Waals surface area contributed by atoms with Crippen LogP contribution < -0.4 is 15.3 Å². The van der Waals surface area contributed by atoms with Crippen LogP contribution >= 0.6 is 0 Å². The summed E-state index contributed by atoms with van der Waals surface area (Å²) in [5.41, 5.74) is -1.44. The van der Waals surface area contributed by atoms with Crippen molar-refractivity contribution in [3.05, 3.63) is 142 Å². The third-order valence-electron chi connectivity index (χ3n) is 9.26. The molecule has 0 fully saturated rings. The number of benzene rings is 8. The van der Waals surface area contributed by atoms with Gasteiger partial charge in [0.2, 0.25) is 0 Å². The molecule has 0 amide bonds. The summed E-state index contributed by atoms with van der Waals surface area (Å²) in [6.45, 7) is 0. The zero-order valence-corrected chi connectivity index (χ0v) is 34.2.